The molecule has 1 unspecified atom stereocenters. The quantitative estimate of drug-likeness (QED) is 0.153. The zero-order valence-corrected chi connectivity index (χ0v) is 22.8. The van der Waals surface area contributed by atoms with Gasteiger partial charge in [0.1, 0.15) is 0 Å². The number of nitrogens with one attached hydrogen (secondary N) is 2. The van der Waals surface area contributed by atoms with E-state index in [9.17, 15) is 4.79 Å². The number of anilines is 1. The molecule has 0 heterocycles. The van der Waals surface area contributed by atoms with Gasteiger partial charge in [-0.3, -0.25) is 4.79 Å². The lowest BCUT2D eigenvalue weighted by molar-refractivity contribution is -0.112. The van der Waals surface area contributed by atoms with Gasteiger partial charge in [-0.15, -0.1) is 11.8 Å². The Kier molecular flexibility index (Phi) is 13.2. The Morgan fingerprint density at radius 3 is 2.54 bits per heavy atom. The van der Waals surface area contributed by atoms with Crippen molar-refractivity contribution < 1.29 is 4.79 Å². The summed E-state index contributed by atoms with van der Waals surface area (Å²) in [5.41, 5.74) is 3.56. The molecule has 2 rings (SSSR count). The Bertz CT molecular complexity index is 1030. The number of carbonyl (C=O) groups excluding carboxylic acids is 1. The normalized spacial score (nSPS) is 12.4. The molecule has 0 saturated carbocycles. The smallest absolute Gasteiger partial charge is 0.251 e. The van der Waals surface area contributed by atoms with Crippen molar-refractivity contribution >= 4 is 40.6 Å². The minimum absolute atomic E-state index is 0.0988. The van der Waals surface area contributed by atoms with Crippen LogP contribution in [0.2, 0.25) is 0 Å². The Hall–Kier alpha value is -2.63. The van der Waals surface area contributed by atoms with Gasteiger partial charge in [-0.1, -0.05) is 92.8 Å². The number of benzene rings is 2. The van der Waals surface area contributed by atoms with Crippen molar-refractivity contribution in [2.24, 2.45) is 5.92 Å². The second kappa shape index (κ2) is 16.1. The largest absolute Gasteiger partial charge is 0.376 e. The Morgan fingerprint density at radius 1 is 1.11 bits per heavy atom. The summed E-state index contributed by atoms with van der Waals surface area (Å²) in [5.74, 6) is 0.313. The van der Waals surface area contributed by atoms with Crippen molar-refractivity contribution in [3.8, 4) is 11.1 Å². The zero-order chi connectivity index (χ0) is 25.5. The number of thioether (sulfide) groups is 1. The number of carbonyl (C=O) groups is 1. The lowest BCUT2D eigenvalue weighted by Gasteiger charge is -2.18. The van der Waals surface area contributed by atoms with Crippen LogP contribution in [0, 0.1) is 5.92 Å². The number of thiocarbonyl (C=S) groups is 1. The summed E-state index contributed by atoms with van der Waals surface area (Å²) in [6.45, 7) is 11.2. The average Bonchev–Trinajstić information content (AvgIpc) is 2.87. The van der Waals surface area contributed by atoms with Crippen molar-refractivity contribution in [2.45, 2.75) is 52.9 Å². The van der Waals surface area contributed by atoms with Gasteiger partial charge in [-0.25, -0.2) is 0 Å². The molecule has 2 aromatic carbocycles. The zero-order valence-electron chi connectivity index (χ0n) is 21.2. The molecule has 0 saturated heterocycles. The molecule has 3 nitrogen and oxygen atoms in total. The SMILES string of the molecule is C=C(S/C=C(\C)C(=O)Nc1ccccc1-c1ccccc1)C(CCC)CCCC(=S)NC/C=C/C. The maximum Gasteiger partial charge on any atom is 0.251 e. The van der Waals surface area contributed by atoms with E-state index in [1.165, 1.54) is 0 Å². The highest BCUT2D eigenvalue weighted by molar-refractivity contribution is 8.05. The van der Waals surface area contributed by atoms with Crippen LogP contribution in [0.4, 0.5) is 5.69 Å². The molecule has 0 fully saturated rings. The second-order valence-electron chi connectivity index (χ2n) is 8.50. The third-order valence-corrected chi connectivity index (χ3v) is 7.16. The fourth-order valence-electron chi connectivity index (χ4n) is 3.70. The summed E-state index contributed by atoms with van der Waals surface area (Å²) in [6, 6.07) is 18.0. The molecule has 0 aliphatic rings. The van der Waals surface area contributed by atoms with Crippen LogP contribution in [0.15, 0.2) is 89.2 Å². The number of allylic oxidation sites excluding steroid dienone is 2. The van der Waals surface area contributed by atoms with Crippen molar-refractivity contribution in [3.63, 3.8) is 0 Å². The molecule has 2 N–H and O–H groups in total. The van der Waals surface area contributed by atoms with E-state index in [4.69, 9.17) is 12.2 Å². The van der Waals surface area contributed by atoms with Gasteiger partial charge in [-0.05, 0) is 67.4 Å². The first-order valence-corrected chi connectivity index (χ1v) is 13.6. The first-order valence-electron chi connectivity index (χ1n) is 12.3. The molecule has 0 bridgehead atoms. The van der Waals surface area contributed by atoms with E-state index >= 15 is 0 Å². The molecule has 0 spiro atoms. The van der Waals surface area contributed by atoms with Gasteiger partial charge < -0.3 is 10.6 Å². The highest BCUT2D eigenvalue weighted by Gasteiger charge is 2.14. The topological polar surface area (TPSA) is 41.1 Å². The van der Waals surface area contributed by atoms with Crippen LogP contribution in [0.3, 0.4) is 0 Å². The summed E-state index contributed by atoms with van der Waals surface area (Å²) < 4.78 is 0. The maximum absolute atomic E-state index is 12.9. The molecular formula is C30H38N2OS2. The third kappa shape index (κ3) is 10.3. The van der Waals surface area contributed by atoms with Crippen LogP contribution >= 0.6 is 24.0 Å². The van der Waals surface area contributed by atoms with Crippen LogP contribution in [-0.2, 0) is 4.79 Å². The van der Waals surface area contributed by atoms with Crippen molar-refractivity contribution in [1.82, 2.24) is 5.32 Å². The fourth-order valence-corrected chi connectivity index (χ4v) is 4.79. The molecule has 1 amide bonds. The summed E-state index contributed by atoms with van der Waals surface area (Å²) in [6.07, 6.45) is 9.26. The Labute approximate surface area is 221 Å². The highest BCUT2D eigenvalue weighted by atomic mass is 32.2. The van der Waals surface area contributed by atoms with Crippen LogP contribution < -0.4 is 10.6 Å². The molecule has 1 atom stereocenters. The molecular weight excluding hydrogens is 468 g/mol. The number of para-hydroxylation sites is 1. The lowest BCUT2D eigenvalue weighted by atomic mass is 9.97. The summed E-state index contributed by atoms with van der Waals surface area (Å²) >= 11 is 7.00. The molecule has 0 aliphatic heterocycles. The van der Waals surface area contributed by atoms with Crippen LogP contribution in [0.1, 0.15) is 52.9 Å². The maximum atomic E-state index is 12.9. The summed E-state index contributed by atoms with van der Waals surface area (Å²) in [7, 11) is 0. The van der Waals surface area contributed by atoms with E-state index in [0.717, 1.165) is 65.4 Å². The standard InChI is InChI=1S/C30H38N2OS2/c1-5-7-21-31-29(34)20-13-17-25(14-6-2)24(4)35-22-23(3)30(33)32-28-19-12-11-18-27(28)26-15-9-8-10-16-26/h5,7-12,15-16,18-19,22,25H,4,6,13-14,17,20-21H2,1-3H3,(H,31,34)(H,32,33)/b7-5+,23-22+. The fraction of sp³-hybridized carbons (Fsp3) is 0.333. The predicted octanol–water partition coefficient (Wildman–Crippen LogP) is 8.52. The average molecular weight is 507 g/mol. The first-order chi connectivity index (χ1) is 17.0. The van der Waals surface area contributed by atoms with E-state index in [2.05, 4.69) is 30.2 Å². The second-order valence-corrected chi connectivity index (χ2v) is 9.99. The minimum Gasteiger partial charge on any atom is -0.376 e. The monoisotopic (exact) mass is 506 g/mol. The van der Waals surface area contributed by atoms with Crippen LogP contribution in [0.25, 0.3) is 11.1 Å². The molecule has 0 radical (unpaired) electrons. The van der Waals surface area contributed by atoms with Gasteiger partial charge in [-0.2, -0.15) is 0 Å². The molecule has 2 aromatic rings. The number of rotatable bonds is 14. The van der Waals surface area contributed by atoms with E-state index < -0.39 is 0 Å². The minimum atomic E-state index is -0.0988. The summed E-state index contributed by atoms with van der Waals surface area (Å²) in [4.78, 5) is 14.9. The van der Waals surface area contributed by atoms with Gasteiger partial charge in [0.05, 0.1) is 4.99 Å². The van der Waals surface area contributed by atoms with E-state index in [0.29, 0.717) is 11.5 Å². The molecule has 5 heteroatoms. The van der Waals surface area contributed by atoms with E-state index in [1.807, 2.05) is 79.9 Å². The van der Waals surface area contributed by atoms with Gasteiger partial charge in [0.25, 0.3) is 5.91 Å². The van der Waals surface area contributed by atoms with Gasteiger partial charge in [0.2, 0.25) is 0 Å². The van der Waals surface area contributed by atoms with Gasteiger partial charge >= 0.3 is 0 Å². The molecule has 0 aliphatic carbocycles. The number of hydrogen-bond acceptors (Lipinski definition) is 3. The number of amides is 1. The van der Waals surface area contributed by atoms with Crippen LogP contribution in [-0.4, -0.2) is 17.4 Å². The van der Waals surface area contributed by atoms with Crippen molar-refractivity contribution in [2.75, 3.05) is 11.9 Å². The Morgan fingerprint density at radius 2 is 1.83 bits per heavy atom. The Balaban J connectivity index is 1.92. The van der Waals surface area contributed by atoms with Gasteiger partial charge in [0, 0.05) is 23.4 Å². The van der Waals surface area contributed by atoms with E-state index in [-0.39, 0.29) is 5.91 Å². The van der Waals surface area contributed by atoms with Crippen molar-refractivity contribution in [1.29, 1.82) is 0 Å². The molecule has 186 valence electrons. The summed E-state index contributed by atoms with van der Waals surface area (Å²) in [5, 5.41) is 8.27. The highest BCUT2D eigenvalue weighted by Crippen LogP contribution is 2.32. The lowest BCUT2D eigenvalue weighted by Crippen LogP contribution is -2.21. The third-order valence-electron chi connectivity index (χ3n) is 5.71. The molecule has 0 aromatic heterocycles. The predicted molar refractivity (Wildman–Crippen MR) is 159 cm³/mol. The first kappa shape index (κ1) is 28.6. The number of hydrogen-bond donors (Lipinski definition) is 2. The van der Waals surface area contributed by atoms with Crippen molar-refractivity contribution in [3.05, 3.63) is 89.2 Å². The van der Waals surface area contributed by atoms with E-state index in [1.54, 1.807) is 11.8 Å². The molecule has 35 heavy (non-hydrogen) atoms. The van der Waals surface area contributed by atoms with Crippen LogP contribution in [0.5, 0.6) is 0 Å². The van der Waals surface area contributed by atoms with Gasteiger partial charge in [0.15, 0.2) is 0 Å².